The highest BCUT2D eigenvalue weighted by Crippen LogP contribution is 2.17. The number of amides is 1. The molecule has 1 N–H and O–H groups in total. The van der Waals surface area contributed by atoms with Crippen LogP contribution in [0, 0.1) is 11.7 Å². The highest BCUT2D eigenvalue weighted by atomic mass is 35.5. The quantitative estimate of drug-likeness (QED) is 0.661. The number of nitrogens with one attached hydrogen (secondary N) is 1. The molecule has 0 spiro atoms. The predicted molar refractivity (Wildman–Crippen MR) is 71.2 cm³/mol. The lowest BCUT2D eigenvalue weighted by molar-refractivity contribution is -0.121. The second-order valence-corrected chi connectivity index (χ2v) is 4.86. The van der Waals surface area contributed by atoms with E-state index in [1.165, 1.54) is 18.2 Å². The van der Waals surface area contributed by atoms with Gasteiger partial charge in [-0.15, -0.1) is 0 Å². The van der Waals surface area contributed by atoms with Crippen LogP contribution >= 0.6 is 11.6 Å². The smallest absolute Gasteiger partial charge is 0.240 e. The molecule has 3 nitrogen and oxygen atoms in total. The maximum atomic E-state index is 12.9. The number of carbonyl (C=O) groups is 1. The molecule has 0 fully saturated rings. The van der Waals surface area contributed by atoms with Gasteiger partial charge in [0.15, 0.2) is 0 Å². The van der Waals surface area contributed by atoms with Gasteiger partial charge in [0.1, 0.15) is 5.82 Å². The Hall–Kier alpha value is -1.42. The van der Waals surface area contributed by atoms with Crippen LogP contribution in [-0.2, 0) is 4.79 Å². The summed E-state index contributed by atoms with van der Waals surface area (Å²) in [6.07, 6.45) is 0.411. The second-order valence-electron chi connectivity index (χ2n) is 4.45. The molecule has 1 amide bonds. The molecule has 98 valence electrons. The standard InChI is InChI=1S/C13H16ClFN2O/c1-8(2)6-13(18)17-16-9(3)11-5-4-10(15)7-12(11)14/h4-5,7-8H,6H2,1-3H3,(H,17,18)/b16-9-. The van der Waals surface area contributed by atoms with E-state index in [0.29, 0.717) is 17.7 Å². The van der Waals surface area contributed by atoms with E-state index in [1.54, 1.807) is 6.92 Å². The van der Waals surface area contributed by atoms with Crippen LogP contribution < -0.4 is 5.43 Å². The lowest BCUT2D eigenvalue weighted by atomic mass is 10.1. The zero-order valence-corrected chi connectivity index (χ0v) is 11.4. The maximum absolute atomic E-state index is 12.9. The molecule has 0 aliphatic rings. The molecule has 5 heteroatoms. The van der Waals surface area contributed by atoms with Gasteiger partial charge in [0.2, 0.25) is 5.91 Å². The van der Waals surface area contributed by atoms with Crippen LogP contribution in [0.4, 0.5) is 4.39 Å². The van der Waals surface area contributed by atoms with Crippen molar-refractivity contribution in [1.29, 1.82) is 0 Å². The molecule has 1 aromatic carbocycles. The minimum absolute atomic E-state index is 0.150. The summed E-state index contributed by atoms with van der Waals surface area (Å²) >= 11 is 5.89. The molecule has 0 aliphatic heterocycles. The van der Waals surface area contributed by atoms with Crippen molar-refractivity contribution in [2.24, 2.45) is 11.0 Å². The summed E-state index contributed by atoms with van der Waals surface area (Å²) in [7, 11) is 0. The van der Waals surface area contributed by atoms with Crippen molar-refractivity contribution in [2.45, 2.75) is 27.2 Å². The van der Waals surface area contributed by atoms with Gasteiger partial charge in [0, 0.05) is 12.0 Å². The first-order valence-corrected chi connectivity index (χ1v) is 6.06. The molecular formula is C13H16ClFN2O. The van der Waals surface area contributed by atoms with Gasteiger partial charge >= 0.3 is 0 Å². The van der Waals surface area contributed by atoms with E-state index in [1.807, 2.05) is 13.8 Å². The zero-order chi connectivity index (χ0) is 13.7. The van der Waals surface area contributed by atoms with E-state index in [4.69, 9.17) is 11.6 Å². The van der Waals surface area contributed by atoms with E-state index in [0.717, 1.165) is 0 Å². The van der Waals surface area contributed by atoms with Crippen LogP contribution in [0.5, 0.6) is 0 Å². The highest BCUT2D eigenvalue weighted by molar-refractivity contribution is 6.34. The Morgan fingerprint density at radius 1 is 1.50 bits per heavy atom. The largest absolute Gasteiger partial charge is 0.273 e. The van der Waals surface area contributed by atoms with E-state index in [9.17, 15) is 9.18 Å². The highest BCUT2D eigenvalue weighted by Gasteiger charge is 2.07. The summed E-state index contributed by atoms with van der Waals surface area (Å²) in [4.78, 5) is 11.4. The Morgan fingerprint density at radius 2 is 2.17 bits per heavy atom. The molecule has 0 atom stereocenters. The lowest BCUT2D eigenvalue weighted by Gasteiger charge is -2.06. The zero-order valence-electron chi connectivity index (χ0n) is 10.6. The molecule has 0 bridgehead atoms. The van der Waals surface area contributed by atoms with Crippen molar-refractivity contribution in [3.05, 3.63) is 34.6 Å². The summed E-state index contributed by atoms with van der Waals surface area (Å²) in [6, 6.07) is 4.05. The Labute approximate surface area is 111 Å². The lowest BCUT2D eigenvalue weighted by Crippen LogP contribution is -2.20. The molecular weight excluding hydrogens is 255 g/mol. The minimum Gasteiger partial charge on any atom is -0.273 e. The van der Waals surface area contributed by atoms with Crippen molar-refractivity contribution in [3.63, 3.8) is 0 Å². The maximum Gasteiger partial charge on any atom is 0.240 e. The molecule has 0 aromatic heterocycles. The van der Waals surface area contributed by atoms with Crippen molar-refractivity contribution in [3.8, 4) is 0 Å². The van der Waals surface area contributed by atoms with Crippen LogP contribution in [-0.4, -0.2) is 11.6 Å². The van der Waals surface area contributed by atoms with Gasteiger partial charge in [-0.3, -0.25) is 4.79 Å². The summed E-state index contributed by atoms with van der Waals surface area (Å²) < 4.78 is 12.9. The summed E-state index contributed by atoms with van der Waals surface area (Å²) in [5.41, 5.74) is 3.59. The average Bonchev–Trinajstić information content (AvgIpc) is 2.25. The Morgan fingerprint density at radius 3 is 2.72 bits per heavy atom. The fourth-order valence-electron chi connectivity index (χ4n) is 1.41. The van der Waals surface area contributed by atoms with E-state index < -0.39 is 5.82 Å². The van der Waals surface area contributed by atoms with Crippen LogP contribution in [0.1, 0.15) is 32.8 Å². The average molecular weight is 271 g/mol. The molecule has 0 unspecified atom stereocenters. The SMILES string of the molecule is C/C(=N/NC(=O)CC(C)C)c1ccc(F)cc1Cl. The number of carbonyl (C=O) groups excluding carboxylic acids is 1. The Balaban J connectivity index is 2.74. The van der Waals surface area contributed by atoms with Crippen LogP contribution in [0.25, 0.3) is 0 Å². The van der Waals surface area contributed by atoms with E-state index in [-0.39, 0.29) is 16.8 Å². The number of rotatable bonds is 4. The third-order valence-electron chi connectivity index (χ3n) is 2.26. The summed E-state index contributed by atoms with van der Waals surface area (Å²) in [5, 5.41) is 4.22. The molecule has 1 aromatic rings. The van der Waals surface area contributed by atoms with Gasteiger partial charge in [-0.2, -0.15) is 5.10 Å². The van der Waals surface area contributed by atoms with Crippen molar-refractivity contribution in [2.75, 3.05) is 0 Å². The first-order chi connectivity index (χ1) is 8.40. The first kappa shape index (κ1) is 14.6. The van der Waals surface area contributed by atoms with E-state index >= 15 is 0 Å². The van der Waals surface area contributed by atoms with Crippen LogP contribution in [0.15, 0.2) is 23.3 Å². The number of halogens is 2. The molecule has 0 aliphatic carbocycles. The molecule has 0 radical (unpaired) electrons. The number of nitrogens with zero attached hydrogens (tertiary/aromatic N) is 1. The molecule has 0 heterocycles. The van der Waals surface area contributed by atoms with Crippen molar-refractivity contribution in [1.82, 2.24) is 5.43 Å². The topological polar surface area (TPSA) is 41.5 Å². The van der Waals surface area contributed by atoms with E-state index in [2.05, 4.69) is 10.5 Å². The van der Waals surface area contributed by atoms with Gasteiger partial charge in [-0.25, -0.2) is 9.82 Å². The first-order valence-electron chi connectivity index (χ1n) is 5.68. The van der Waals surface area contributed by atoms with Crippen molar-refractivity contribution >= 4 is 23.2 Å². The second kappa shape index (κ2) is 6.50. The number of benzene rings is 1. The van der Waals surface area contributed by atoms with Gasteiger partial charge in [-0.1, -0.05) is 25.4 Å². The monoisotopic (exact) mass is 270 g/mol. The molecule has 0 saturated carbocycles. The third kappa shape index (κ3) is 4.45. The van der Waals surface area contributed by atoms with Crippen molar-refractivity contribution < 1.29 is 9.18 Å². The fraction of sp³-hybridized carbons (Fsp3) is 0.385. The third-order valence-corrected chi connectivity index (χ3v) is 2.58. The Bertz CT molecular complexity index is 472. The minimum atomic E-state index is -0.402. The fourth-order valence-corrected chi connectivity index (χ4v) is 1.71. The molecule has 18 heavy (non-hydrogen) atoms. The molecule has 1 rings (SSSR count). The van der Waals surface area contributed by atoms with Gasteiger partial charge in [-0.05, 0) is 31.0 Å². The number of hydrazone groups is 1. The summed E-state index contributed by atoms with van der Waals surface area (Å²) in [6.45, 7) is 5.61. The van der Waals surface area contributed by atoms with Gasteiger partial charge in [0.05, 0.1) is 10.7 Å². The predicted octanol–water partition coefficient (Wildman–Crippen LogP) is 3.37. The van der Waals surface area contributed by atoms with Crippen LogP contribution in [0.2, 0.25) is 5.02 Å². The van der Waals surface area contributed by atoms with Crippen LogP contribution in [0.3, 0.4) is 0 Å². The van der Waals surface area contributed by atoms with Gasteiger partial charge in [0.25, 0.3) is 0 Å². The number of hydrogen-bond acceptors (Lipinski definition) is 2. The number of hydrogen-bond donors (Lipinski definition) is 1. The summed E-state index contributed by atoms with van der Waals surface area (Å²) in [5.74, 6) is -0.280. The normalized spacial score (nSPS) is 11.8. The van der Waals surface area contributed by atoms with Gasteiger partial charge < -0.3 is 0 Å². The Kier molecular flexibility index (Phi) is 5.28. The molecule has 0 saturated heterocycles.